The lowest BCUT2D eigenvalue weighted by molar-refractivity contribution is -0.136. The van der Waals surface area contributed by atoms with E-state index in [0.717, 1.165) is 10.0 Å². The zero-order valence-corrected chi connectivity index (χ0v) is 19.9. The van der Waals surface area contributed by atoms with Crippen LogP contribution in [0.5, 0.6) is 0 Å². The van der Waals surface area contributed by atoms with Crippen molar-refractivity contribution in [2.45, 2.75) is 17.6 Å². The van der Waals surface area contributed by atoms with Gasteiger partial charge in [0.05, 0.1) is 21.7 Å². The van der Waals surface area contributed by atoms with Gasteiger partial charge >= 0.3 is 6.18 Å². The lowest BCUT2D eigenvalue weighted by Gasteiger charge is -2.15. The fourth-order valence-electron chi connectivity index (χ4n) is 3.63. The third-order valence-corrected chi connectivity index (χ3v) is 7.28. The summed E-state index contributed by atoms with van der Waals surface area (Å²) in [5.41, 5.74) is 0.146. The Balaban J connectivity index is 1.86. The van der Waals surface area contributed by atoms with Crippen LogP contribution in [0.15, 0.2) is 71.8 Å². The summed E-state index contributed by atoms with van der Waals surface area (Å²) in [5, 5.41) is 6.58. The number of rotatable bonds is 6. The molecule has 2 N–H and O–H groups in total. The van der Waals surface area contributed by atoms with E-state index in [1.165, 1.54) is 42.6 Å². The Hall–Kier alpha value is -2.72. The number of aromatic nitrogens is 1. The molecule has 0 aliphatic rings. The molecule has 3 aromatic carbocycles. The molecule has 0 aliphatic carbocycles. The number of fused-ring (bicyclic) bond motifs is 1. The molecule has 4 aromatic rings. The Bertz CT molecular complexity index is 1480. The van der Waals surface area contributed by atoms with Gasteiger partial charge in [0.2, 0.25) is 0 Å². The molecule has 11 heteroatoms. The first-order chi connectivity index (χ1) is 16.0. The number of hydrogen-bond donors (Lipinski definition) is 2. The minimum absolute atomic E-state index is 0.0108. The van der Waals surface area contributed by atoms with E-state index < -0.39 is 21.8 Å². The average molecular weight is 528 g/mol. The summed E-state index contributed by atoms with van der Waals surface area (Å²) in [6.45, 7) is 0.386. The third-order valence-electron chi connectivity index (χ3n) is 5.14. The van der Waals surface area contributed by atoms with Crippen LogP contribution < -0.4 is 10.6 Å². The lowest BCUT2D eigenvalue weighted by Crippen LogP contribution is -2.12. The maximum Gasteiger partial charge on any atom is 0.418 e. The van der Waals surface area contributed by atoms with Crippen LogP contribution in [-0.2, 0) is 22.7 Å². The zero-order valence-electron chi connectivity index (χ0n) is 17.6. The number of halogens is 5. The Morgan fingerprint density at radius 1 is 0.971 bits per heavy atom. The first-order valence-electron chi connectivity index (χ1n) is 9.94. The number of nitrogens with one attached hydrogen (secondary N) is 2. The lowest BCUT2D eigenvalue weighted by atomic mass is 10.1. The number of nitrogens with zero attached hydrogens (tertiary/aromatic N) is 1. The summed E-state index contributed by atoms with van der Waals surface area (Å²) in [5.74, 6) is 0. The summed E-state index contributed by atoms with van der Waals surface area (Å²) in [4.78, 5) is -0.0108. The minimum atomic E-state index is -4.63. The van der Waals surface area contributed by atoms with E-state index >= 15 is 0 Å². The molecule has 1 aromatic heterocycles. The standard InChI is InChI=1S/C23H18Cl2F3N3O2S/c1-29-12-14-13-31(34(32,33)18-4-2-3-15(24)9-18)22-11-17(6-7-19(14)22)30-21-8-5-16(25)10-20(21)23(26,27)28/h2-11,13,29-30H,12H2,1H3. The van der Waals surface area contributed by atoms with E-state index in [2.05, 4.69) is 10.6 Å². The molecule has 0 unspecified atom stereocenters. The molecule has 0 bridgehead atoms. The van der Waals surface area contributed by atoms with Gasteiger partial charge in [-0.3, -0.25) is 0 Å². The van der Waals surface area contributed by atoms with E-state index in [-0.39, 0.29) is 26.3 Å². The smallest absolute Gasteiger partial charge is 0.355 e. The third kappa shape index (κ3) is 4.74. The Kier molecular flexibility index (Phi) is 6.56. The fraction of sp³-hybridized carbons (Fsp3) is 0.130. The molecule has 0 aliphatic heterocycles. The van der Waals surface area contributed by atoms with Crippen LogP contribution in [0, 0.1) is 0 Å². The van der Waals surface area contributed by atoms with Crippen molar-refractivity contribution in [2.24, 2.45) is 0 Å². The Labute approximate surface area is 204 Å². The number of hydrogen-bond acceptors (Lipinski definition) is 4. The van der Waals surface area contributed by atoms with Crippen LogP contribution in [-0.4, -0.2) is 19.4 Å². The highest BCUT2D eigenvalue weighted by Gasteiger charge is 2.34. The molecule has 178 valence electrons. The van der Waals surface area contributed by atoms with Crippen LogP contribution in [0.1, 0.15) is 11.1 Å². The van der Waals surface area contributed by atoms with E-state index in [1.807, 2.05) is 0 Å². The van der Waals surface area contributed by atoms with E-state index in [0.29, 0.717) is 23.0 Å². The van der Waals surface area contributed by atoms with Crippen molar-refractivity contribution in [3.05, 3.63) is 88.0 Å². The maximum atomic E-state index is 13.5. The molecule has 0 spiro atoms. The molecule has 0 saturated heterocycles. The Morgan fingerprint density at radius 2 is 1.71 bits per heavy atom. The van der Waals surface area contributed by atoms with Crippen molar-refractivity contribution < 1.29 is 21.6 Å². The van der Waals surface area contributed by atoms with Crippen molar-refractivity contribution in [2.75, 3.05) is 12.4 Å². The van der Waals surface area contributed by atoms with Gasteiger partial charge in [-0.1, -0.05) is 35.3 Å². The first kappa shape index (κ1) is 24.4. The summed E-state index contributed by atoms with van der Waals surface area (Å²) in [6.07, 6.45) is -3.14. The largest absolute Gasteiger partial charge is 0.418 e. The summed E-state index contributed by atoms with van der Waals surface area (Å²) in [6, 6.07) is 14.0. The van der Waals surface area contributed by atoms with Gasteiger partial charge in [0.25, 0.3) is 10.0 Å². The van der Waals surface area contributed by atoms with Crippen molar-refractivity contribution in [3.63, 3.8) is 0 Å². The summed E-state index contributed by atoms with van der Waals surface area (Å²) >= 11 is 11.8. The molecular weight excluding hydrogens is 510 g/mol. The molecule has 0 radical (unpaired) electrons. The predicted molar refractivity (Wildman–Crippen MR) is 128 cm³/mol. The van der Waals surface area contributed by atoms with Gasteiger partial charge in [0.1, 0.15) is 0 Å². The molecule has 0 fully saturated rings. The molecular formula is C23H18Cl2F3N3O2S. The molecule has 1 heterocycles. The number of benzene rings is 3. The van der Waals surface area contributed by atoms with E-state index in [1.54, 1.807) is 25.2 Å². The van der Waals surface area contributed by atoms with Crippen LogP contribution in [0.4, 0.5) is 24.5 Å². The molecule has 0 saturated carbocycles. The second-order valence-electron chi connectivity index (χ2n) is 7.49. The van der Waals surface area contributed by atoms with Crippen molar-refractivity contribution in [1.29, 1.82) is 0 Å². The molecule has 5 nitrogen and oxygen atoms in total. The van der Waals surface area contributed by atoms with Crippen LogP contribution in [0.2, 0.25) is 10.0 Å². The van der Waals surface area contributed by atoms with E-state index in [9.17, 15) is 21.6 Å². The van der Waals surface area contributed by atoms with Gasteiger partial charge in [0.15, 0.2) is 0 Å². The molecule has 0 atom stereocenters. The number of alkyl halides is 3. The minimum Gasteiger partial charge on any atom is -0.355 e. The summed E-state index contributed by atoms with van der Waals surface area (Å²) < 4.78 is 68.5. The normalized spacial score (nSPS) is 12.3. The van der Waals surface area contributed by atoms with Gasteiger partial charge in [-0.25, -0.2) is 12.4 Å². The molecule has 4 rings (SSSR count). The van der Waals surface area contributed by atoms with Crippen molar-refractivity contribution in [3.8, 4) is 0 Å². The van der Waals surface area contributed by atoms with Crippen LogP contribution >= 0.6 is 23.2 Å². The number of anilines is 2. The van der Waals surface area contributed by atoms with Gasteiger partial charge in [-0.2, -0.15) is 13.2 Å². The molecule has 0 amide bonds. The van der Waals surface area contributed by atoms with Gasteiger partial charge in [0, 0.05) is 33.9 Å². The van der Waals surface area contributed by atoms with Crippen molar-refractivity contribution in [1.82, 2.24) is 9.29 Å². The van der Waals surface area contributed by atoms with Crippen LogP contribution in [0.25, 0.3) is 10.9 Å². The zero-order chi connectivity index (χ0) is 24.7. The van der Waals surface area contributed by atoms with Gasteiger partial charge < -0.3 is 10.6 Å². The predicted octanol–water partition coefficient (Wildman–Crippen LogP) is 6.67. The SMILES string of the molecule is CNCc1cn(S(=O)(=O)c2cccc(Cl)c2)c2cc(Nc3ccc(Cl)cc3C(F)(F)F)ccc12. The monoisotopic (exact) mass is 527 g/mol. The second-order valence-corrected chi connectivity index (χ2v) is 10.2. The highest BCUT2D eigenvalue weighted by molar-refractivity contribution is 7.90. The second kappa shape index (κ2) is 9.14. The topological polar surface area (TPSA) is 63.1 Å². The highest BCUT2D eigenvalue weighted by atomic mass is 35.5. The Morgan fingerprint density at radius 3 is 2.38 bits per heavy atom. The summed E-state index contributed by atoms with van der Waals surface area (Å²) in [7, 11) is -2.31. The quantitative estimate of drug-likeness (QED) is 0.294. The van der Waals surface area contributed by atoms with Crippen molar-refractivity contribution >= 4 is 55.5 Å². The van der Waals surface area contributed by atoms with E-state index in [4.69, 9.17) is 23.2 Å². The first-order valence-corrected chi connectivity index (χ1v) is 12.1. The maximum absolute atomic E-state index is 13.5. The fourth-order valence-corrected chi connectivity index (χ4v) is 5.49. The highest BCUT2D eigenvalue weighted by Crippen LogP contribution is 2.38. The average Bonchev–Trinajstić information content (AvgIpc) is 3.13. The van der Waals surface area contributed by atoms with Gasteiger partial charge in [-0.05, 0) is 61.1 Å². The van der Waals surface area contributed by atoms with Crippen LogP contribution in [0.3, 0.4) is 0 Å². The molecule has 34 heavy (non-hydrogen) atoms. The van der Waals surface area contributed by atoms with Gasteiger partial charge in [-0.15, -0.1) is 0 Å².